The molecule has 0 saturated heterocycles. The zero-order chi connectivity index (χ0) is 15.1. The predicted octanol–water partition coefficient (Wildman–Crippen LogP) is 0.888. The molecule has 2 nitrogen and oxygen atoms in total. The van der Waals surface area contributed by atoms with E-state index in [0.29, 0.717) is 0 Å². The maximum atomic E-state index is 8.06. The van der Waals surface area contributed by atoms with Crippen molar-refractivity contribution in [2.24, 2.45) is 5.41 Å². The molecule has 0 saturated carbocycles. The van der Waals surface area contributed by atoms with Gasteiger partial charge in [-0.15, -0.1) is 6.92 Å². The Balaban J connectivity index is -0.000000110. The Hall–Kier alpha value is 0.560. The van der Waals surface area contributed by atoms with Gasteiger partial charge in [-0.05, 0) is 27.7 Å². The van der Waals surface area contributed by atoms with Gasteiger partial charge in [0.2, 0.25) is 0 Å². The van der Waals surface area contributed by atoms with Crippen LogP contribution in [0.3, 0.4) is 0 Å². The maximum absolute atomic E-state index is 8.06. The Morgan fingerprint density at radius 2 is 1.15 bits per heavy atom. The van der Waals surface area contributed by atoms with Gasteiger partial charge in [-0.3, -0.25) is 6.08 Å². The van der Waals surface area contributed by atoms with E-state index in [1.807, 2.05) is 0 Å². The molecule has 0 aromatic rings. The molecule has 0 fully saturated rings. The number of hydrogen-bond acceptors (Lipinski definition) is 2. The van der Waals surface area contributed by atoms with Crippen molar-refractivity contribution in [1.82, 2.24) is 0 Å². The van der Waals surface area contributed by atoms with Gasteiger partial charge >= 0.3 is 0 Å². The van der Waals surface area contributed by atoms with E-state index in [2.05, 4.69) is 40.7 Å². The molecule has 0 unspecified atom stereocenters. The number of aliphatic hydroxyl groups is 2. The fourth-order valence-electron chi connectivity index (χ4n) is 1.41. The van der Waals surface area contributed by atoms with Crippen molar-refractivity contribution in [2.75, 3.05) is 0 Å². The van der Waals surface area contributed by atoms with Crippen molar-refractivity contribution in [2.45, 2.75) is 74.5 Å². The van der Waals surface area contributed by atoms with E-state index in [9.17, 15) is 0 Å². The standard InChI is InChI=1S/C10H15.2C3H8O.ClH.Hf/c1-7-6-10(4,5)9(3)8(7)2;2*1-3(2)4;;/h1-5H3;2*3-4H,1-2H3;1H;/q-1;;;;/p-1. The summed E-state index contributed by atoms with van der Waals surface area (Å²) in [6, 6.07) is 0. The summed E-state index contributed by atoms with van der Waals surface area (Å²) in [4.78, 5) is 0. The van der Waals surface area contributed by atoms with Crippen LogP contribution in [-0.2, 0) is 25.8 Å². The molecule has 0 atom stereocenters. The Bertz CT molecular complexity index is 294. The summed E-state index contributed by atoms with van der Waals surface area (Å²) in [6.07, 6.45) is 3.10. The van der Waals surface area contributed by atoms with Gasteiger partial charge in [-0.2, -0.15) is 11.1 Å². The van der Waals surface area contributed by atoms with Crippen LogP contribution in [0.5, 0.6) is 0 Å². The molecule has 1 aliphatic carbocycles. The van der Waals surface area contributed by atoms with Crippen molar-refractivity contribution in [3.8, 4) is 0 Å². The average molecular weight is 469 g/mol. The Labute approximate surface area is 150 Å². The Morgan fingerprint density at radius 1 is 0.900 bits per heavy atom. The molecule has 0 radical (unpaired) electrons. The third kappa shape index (κ3) is 15.0. The fourth-order valence-corrected chi connectivity index (χ4v) is 1.41. The molecular formula is C16H31ClHfO2-2. The number of rotatable bonds is 0. The summed E-state index contributed by atoms with van der Waals surface area (Å²) in [5, 5.41) is 16.1. The molecular weight excluding hydrogens is 438 g/mol. The second-order valence-corrected chi connectivity index (χ2v) is 5.81. The first kappa shape index (κ1) is 28.7. The van der Waals surface area contributed by atoms with E-state index in [4.69, 9.17) is 10.2 Å². The van der Waals surface area contributed by atoms with Crippen LogP contribution in [-0.4, -0.2) is 22.4 Å². The second-order valence-electron chi connectivity index (χ2n) is 5.81. The van der Waals surface area contributed by atoms with Crippen LogP contribution in [0.1, 0.15) is 62.3 Å². The van der Waals surface area contributed by atoms with Crippen LogP contribution in [0.15, 0.2) is 16.7 Å². The summed E-state index contributed by atoms with van der Waals surface area (Å²) in [7, 11) is 0. The molecule has 1 aliphatic rings. The van der Waals surface area contributed by atoms with E-state index < -0.39 is 0 Å². The van der Waals surface area contributed by atoms with E-state index in [1.165, 1.54) is 16.7 Å². The summed E-state index contributed by atoms with van der Waals surface area (Å²) in [5.74, 6) is 0. The number of allylic oxidation sites excluding steroid dienone is 4. The summed E-state index contributed by atoms with van der Waals surface area (Å²) in [6.45, 7) is 17.8. The van der Waals surface area contributed by atoms with E-state index >= 15 is 0 Å². The van der Waals surface area contributed by atoms with E-state index in [-0.39, 0.29) is 55.9 Å². The van der Waals surface area contributed by atoms with Gasteiger partial charge in [0, 0.05) is 38.1 Å². The maximum Gasteiger partial charge on any atom is 0.0483 e. The molecule has 4 heteroatoms. The van der Waals surface area contributed by atoms with Gasteiger partial charge in [0.25, 0.3) is 0 Å². The van der Waals surface area contributed by atoms with Gasteiger partial charge in [0.05, 0.1) is 0 Å². The predicted molar refractivity (Wildman–Crippen MR) is 79.3 cm³/mol. The smallest absolute Gasteiger partial charge is 0.0483 e. The first-order chi connectivity index (χ1) is 7.91. The molecule has 0 spiro atoms. The molecule has 0 aromatic carbocycles. The normalized spacial score (nSPS) is 15.3. The van der Waals surface area contributed by atoms with Crippen molar-refractivity contribution < 1.29 is 48.5 Å². The number of aliphatic hydroxyl groups excluding tert-OH is 2. The molecule has 120 valence electrons. The minimum Gasteiger partial charge on any atom is -1.00 e. The SMILES string of the molecule is CC(C)O.CC(C)O.CC1=[C-]C(C)(C)C(C)=C1C.[Cl-].[Hf]. The van der Waals surface area contributed by atoms with E-state index in [1.54, 1.807) is 27.7 Å². The summed E-state index contributed by atoms with van der Waals surface area (Å²) < 4.78 is 0. The van der Waals surface area contributed by atoms with Crippen LogP contribution in [0.2, 0.25) is 0 Å². The van der Waals surface area contributed by atoms with Crippen molar-refractivity contribution in [3.05, 3.63) is 22.8 Å². The van der Waals surface area contributed by atoms with Crippen LogP contribution < -0.4 is 12.4 Å². The summed E-state index contributed by atoms with van der Waals surface area (Å²) >= 11 is 0. The third-order valence-electron chi connectivity index (χ3n) is 2.56. The first-order valence-corrected chi connectivity index (χ1v) is 6.58. The molecule has 0 aromatic heterocycles. The van der Waals surface area contributed by atoms with Gasteiger partial charge in [-0.25, -0.2) is 5.57 Å². The molecule has 0 heterocycles. The number of halogens is 1. The minimum absolute atomic E-state index is 0. The Kier molecular flexibility index (Phi) is 19.0. The van der Waals surface area contributed by atoms with Crippen LogP contribution in [0, 0.1) is 11.5 Å². The van der Waals surface area contributed by atoms with Gasteiger partial charge in [0.1, 0.15) is 0 Å². The van der Waals surface area contributed by atoms with Crippen molar-refractivity contribution >= 4 is 0 Å². The monoisotopic (exact) mass is 470 g/mol. The molecule has 0 aliphatic heterocycles. The average Bonchev–Trinajstić information content (AvgIpc) is 2.27. The van der Waals surface area contributed by atoms with Crippen molar-refractivity contribution in [1.29, 1.82) is 0 Å². The first-order valence-electron chi connectivity index (χ1n) is 6.58. The quantitative estimate of drug-likeness (QED) is 0.409. The summed E-state index contributed by atoms with van der Waals surface area (Å²) in [5.41, 5.74) is 4.39. The number of hydrogen-bond donors (Lipinski definition) is 2. The van der Waals surface area contributed by atoms with Gasteiger partial charge in [-0.1, -0.05) is 33.1 Å². The molecule has 0 amide bonds. The van der Waals surface area contributed by atoms with Crippen LogP contribution in [0.25, 0.3) is 0 Å². The van der Waals surface area contributed by atoms with Crippen LogP contribution >= 0.6 is 0 Å². The molecule has 0 bridgehead atoms. The third-order valence-corrected chi connectivity index (χ3v) is 2.56. The fraction of sp³-hybridized carbons (Fsp3) is 0.750. The van der Waals surface area contributed by atoms with Gasteiger partial charge < -0.3 is 22.6 Å². The zero-order valence-electron chi connectivity index (χ0n) is 14.4. The minimum atomic E-state index is -0.167. The van der Waals surface area contributed by atoms with E-state index in [0.717, 1.165) is 0 Å². The second kappa shape index (κ2) is 13.2. The topological polar surface area (TPSA) is 40.5 Å². The largest absolute Gasteiger partial charge is 1.00 e. The van der Waals surface area contributed by atoms with Crippen molar-refractivity contribution in [3.63, 3.8) is 0 Å². The van der Waals surface area contributed by atoms with Crippen LogP contribution in [0.4, 0.5) is 0 Å². The Morgan fingerprint density at radius 3 is 1.20 bits per heavy atom. The van der Waals surface area contributed by atoms with Gasteiger partial charge in [0.15, 0.2) is 0 Å². The molecule has 1 rings (SSSR count). The zero-order valence-corrected chi connectivity index (χ0v) is 18.8. The molecule has 20 heavy (non-hydrogen) atoms. The molecule has 2 N–H and O–H groups in total.